The quantitative estimate of drug-likeness (QED) is 0.359. The van der Waals surface area contributed by atoms with Crippen molar-refractivity contribution in [3.8, 4) is 0 Å². The molecule has 7 nitrogen and oxygen atoms in total. The first-order chi connectivity index (χ1) is 18.2. The number of esters is 2. The summed E-state index contributed by atoms with van der Waals surface area (Å²) >= 11 is 0. The van der Waals surface area contributed by atoms with E-state index in [2.05, 4.69) is 20.8 Å². The maximum Gasteiger partial charge on any atom is 0.314 e. The Hall–Kier alpha value is -1.99. The molecule has 0 spiro atoms. The van der Waals surface area contributed by atoms with Gasteiger partial charge in [-0.15, -0.1) is 0 Å². The third-order valence-corrected chi connectivity index (χ3v) is 11.2. The van der Waals surface area contributed by atoms with Gasteiger partial charge in [0, 0.05) is 24.7 Å². The van der Waals surface area contributed by atoms with E-state index in [0.29, 0.717) is 38.7 Å². The second-order valence-electron chi connectivity index (χ2n) is 14.2. The number of aliphatic hydroxyl groups excluding tert-OH is 1. The Labute approximate surface area is 232 Å². The highest BCUT2D eigenvalue weighted by Crippen LogP contribution is 2.65. The Balaban J connectivity index is 1.60. The van der Waals surface area contributed by atoms with Crippen molar-refractivity contribution < 1.29 is 33.7 Å². The van der Waals surface area contributed by atoms with Crippen molar-refractivity contribution in [2.24, 2.45) is 39.9 Å². The molecule has 8 atom stereocenters. The van der Waals surface area contributed by atoms with Gasteiger partial charge in [0.2, 0.25) is 5.78 Å². The Morgan fingerprint density at radius 2 is 1.82 bits per heavy atom. The van der Waals surface area contributed by atoms with E-state index in [1.165, 1.54) is 0 Å². The molecule has 0 radical (unpaired) electrons. The minimum absolute atomic E-state index is 0.0656. The molecule has 0 aromatic carbocycles. The Morgan fingerprint density at radius 3 is 2.41 bits per heavy atom. The number of aliphatic hydroxyl groups is 1. The number of allylic oxidation sites excluding steroid dienone is 3. The minimum Gasteiger partial charge on any atom is -0.462 e. The van der Waals surface area contributed by atoms with E-state index in [1.54, 1.807) is 0 Å². The van der Waals surface area contributed by atoms with Crippen LogP contribution < -0.4 is 0 Å². The molecule has 0 amide bonds. The maximum absolute atomic E-state index is 14.6. The Kier molecular flexibility index (Phi) is 7.19. The van der Waals surface area contributed by atoms with Crippen molar-refractivity contribution in [2.75, 3.05) is 6.61 Å². The number of hydrogen-bond acceptors (Lipinski definition) is 7. The standard InChI is InChI=1S/C32H46O7/c1-17(2)9-8-10-25(34)38-23-15-31(6)14-21-20-16-37-22(20)13-24(33)32(21,7)28(35)27(39-29(36)19-11-12-19)26(18(23)3)30(31,4)5/h9,18-24,33H,8,10-16H2,1-7H3/b27-26+. The fourth-order valence-corrected chi connectivity index (χ4v) is 7.89. The maximum atomic E-state index is 14.6. The minimum atomic E-state index is -1.08. The molecule has 4 fully saturated rings. The predicted octanol–water partition coefficient (Wildman–Crippen LogP) is 5.30. The summed E-state index contributed by atoms with van der Waals surface area (Å²) < 4.78 is 18.1. The summed E-state index contributed by atoms with van der Waals surface area (Å²) in [6.45, 7) is 14.9. The summed E-state index contributed by atoms with van der Waals surface area (Å²) in [7, 11) is 0. The number of carbonyl (C=O) groups is 3. The fraction of sp³-hybridized carbons (Fsp3) is 0.781. The lowest BCUT2D eigenvalue weighted by molar-refractivity contribution is -0.233. The van der Waals surface area contributed by atoms with Crippen molar-refractivity contribution in [3.05, 3.63) is 23.0 Å². The molecule has 1 N–H and O–H groups in total. The Morgan fingerprint density at radius 1 is 1.13 bits per heavy atom. The van der Waals surface area contributed by atoms with Gasteiger partial charge in [-0.3, -0.25) is 14.4 Å². The fourth-order valence-electron chi connectivity index (χ4n) is 7.89. The van der Waals surface area contributed by atoms with Gasteiger partial charge in [-0.05, 0) is 75.2 Å². The molecule has 7 heteroatoms. The molecule has 2 bridgehead atoms. The van der Waals surface area contributed by atoms with Gasteiger partial charge in [0.15, 0.2) is 5.76 Å². The van der Waals surface area contributed by atoms with Gasteiger partial charge < -0.3 is 19.3 Å². The molecule has 4 aliphatic carbocycles. The number of carbonyl (C=O) groups excluding carboxylic acids is 3. The monoisotopic (exact) mass is 542 g/mol. The van der Waals surface area contributed by atoms with E-state index in [1.807, 2.05) is 33.8 Å². The summed E-state index contributed by atoms with van der Waals surface area (Å²) in [5, 5.41) is 11.4. The molecule has 39 heavy (non-hydrogen) atoms. The van der Waals surface area contributed by atoms with Gasteiger partial charge in [-0.2, -0.15) is 0 Å². The van der Waals surface area contributed by atoms with Crippen molar-refractivity contribution in [3.63, 3.8) is 0 Å². The zero-order chi connectivity index (χ0) is 28.5. The lowest BCUT2D eigenvalue weighted by atomic mass is 9.44. The van der Waals surface area contributed by atoms with Crippen molar-refractivity contribution in [2.45, 2.75) is 112 Å². The molecule has 8 unspecified atom stereocenters. The van der Waals surface area contributed by atoms with Crippen LogP contribution in [-0.2, 0) is 28.6 Å². The highest BCUT2D eigenvalue weighted by molar-refractivity contribution is 6.02. The van der Waals surface area contributed by atoms with Crippen molar-refractivity contribution >= 4 is 17.7 Å². The second kappa shape index (κ2) is 9.83. The number of fused-ring (bicyclic) bond motifs is 5. The summed E-state index contributed by atoms with van der Waals surface area (Å²) in [6.07, 6.45) is 4.82. The van der Waals surface area contributed by atoms with E-state index in [-0.39, 0.29) is 58.7 Å². The Bertz CT molecular complexity index is 1110. The highest BCUT2D eigenvalue weighted by Gasteiger charge is 2.66. The van der Waals surface area contributed by atoms with Gasteiger partial charge >= 0.3 is 11.9 Å². The van der Waals surface area contributed by atoms with Crippen LogP contribution in [0.2, 0.25) is 0 Å². The molecule has 0 aromatic heterocycles. The number of Topliss-reactive ketones (excluding diaryl/α,β-unsaturated/α-hetero) is 1. The largest absolute Gasteiger partial charge is 0.462 e. The van der Waals surface area contributed by atoms with Crippen LogP contribution in [0.5, 0.6) is 0 Å². The summed E-state index contributed by atoms with van der Waals surface area (Å²) in [4.78, 5) is 40.7. The van der Waals surface area contributed by atoms with Gasteiger partial charge in [-0.25, -0.2) is 0 Å². The smallest absolute Gasteiger partial charge is 0.314 e. The average Bonchev–Trinajstić information content (AvgIpc) is 3.67. The molecule has 1 saturated heterocycles. The van der Waals surface area contributed by atoms with E-state index in [4.69, 9.17) is 14.2 Å². The average molecular weight is 543 g/mol. The highest BCUT2D eigenvalue weighted by atomic mass is 16.6. The zero-order valence-electron chi connectivity index (χ0n) is 24.7. The molecule has 0 aromatic rings. The SMILES string of the molecule is CC(C)=CCCC(=O)OC1CC2(C)CC3C4COC4CC(O)C3(C)C(=O)/C(OC(=O)C3CC3)=C(/C1C)C2(C)C. The van der Waals surface area contributed by atoms with Crippen molar-refractivity contribution in [1.82, 2.24) is 0 Å². The third-order valence-electron chi connectivity index (χ3n) is 11.2. The lowest BCUT2D eigenvalue weighted by Crippen LogP contribution is -2.65. The van der Waals surface area contributed by atoms with Gasteiger partial charge in [0.25, 0.3) is 0 Å². The summed E-state index contributed by atoms with van der Waals surface area (Å²) in [5.41, 5.74) is -0.0549. The lowest BCUT2D eigenvalue weighted by Gasteiger charge is -2.62. The van der Waals surface area contributed by atoms with Crippen LogP contribution >= 0.6 is 0 Å². The number of ether oxygens (including phenoxy) is 3. The molecule has 3 saturated carbocycles. The summed E-state index contributed by atoms with van der Waals surface area (Å²) in [6, 6.07) is 0. The van der Waals surface area contributed by atoms with Crippen LogP contribution in [0.25, 0.3) is 0 Å². The summed E-state index contributed by atoms with van der Waals surface area (Å²) in [5.74, 6) is -1.30. The zero-order valence-corrected chi connectivity index (χ0v) is 24.7. The molecule has 5 aliphatic rings. The van der Waals surface area contributed by atoms with Crippen LogP contribution in [0, 0.1) is 39.9 Å². The number of hydrogen-bond donors (Lipinski definition) is 1. The van der Waals surface area contributed by atoms with Crippen LogP contribution in [0.3, 0.4) is 0 Å². The predicted molar refractivity (Wildman–Crippen MR) is 145 cm³/mol. The van der Waals surface area contributed by atoms with E-state index >= 15 is 0 Å². The normalized spacial score (nSPS) is 42.6. The molecule has 5 rings (SSSR count). The molecular weight excluding hydrogens is 496 g/mol. The first-order valence-electron chi connectivity index (χ1n) is 14.8. The van der Waals surface area contributed by atoms with Crippen molar-refractivity contribution in [1.29, 1.82) is 0 Å². The molecule has 1 heterocycles. The van der Waals surface area contributed by atoms with Crippen LogP contribution in [0.4, 0.5) is 0 Å². The first kappa shape index (κ1) is 28.5. The van der Waals surface area contributed by atoms with Gasteiger partial charge in [0.05, 0.1) is 30.1 Å². The first-order valence-corrected chi connectivity index (χ1v) is 14.8. The topological polar surface area (TPSA) is 99.1 Å². The van der Waals surface area contributed by atoms with E-state index in [0.717, 1.165) is 24.0 Å². The van der Waals surface area contributed by atoms with Gasteiger partial charge in [0.1, 0.15) is 6.10 Å². The third kappa shape index (κ3) is 4.61. The molecule has 1 aliphatic heterocycles. The van der Waals surface area contributed by atoms with Crippen LogP contribution in [0.15, 0.2) is 23.0 Å². The molecule has 216 valence electrons. The van der Waals surface area contributed by atoms with Crippen LogP contribution in [0.1, 0.15) is 93.4 Å². The second-order valence-corrected chi connectivity index (χ2v) is 14.2. The van der Waals surface area contributed by atoms with Gasteiger partial charge in [-0.1, -0.05) is 39.3 Å². The molecular formula is C32H46O7. The van der Waals surface area contributed by atoms with E-state index in [9.17, 15) is 19.5 Å². The van der Waals surface area contributed by atoms with Crippen LogP contribution in [-0.4, -0.2) is 47.7 Å². The number of rotatable bonds is 6. The number of ketones is 1. The van der Waals surface area contributed by atoms with E-state index < -0.39 is 23.0 Å².